The molecule has 1 N–H and O–H groups in total. The van der Waals surface area contributed by atoms with Crippen molar-refractivity contribution in [2.75, 3.05) is 11.2 Å². The molecule has 8 heteroatoms. The molecule has 0 aliphatic carbocycles. The van der Waals surface area contributed by atoms with Gasteiger partial charge in [-0.25, -0.2) is 4.39 Å². The Morgan fingerprint density at radius 3 is 2.73 bits per heavy atom. The zero-order chi connectivity index (χ0) is 15.9. The lowest BCUT2D eigenvalue weighted by Gasteiger charge is -2.15. The molecule has 0 saturated carbocycles. The first-order valence-electron chi connectivity index (χ1n) is 6.10. The number of nitrogens with one attached hydrogen (secondary N) is 1. The van der Waals surface area contributed by atoms with Crippen molar-refractivity contribution in [2.24, 2.45) is 0 Å². The van der Waals surface area contributed by atoms with Crippen molar-refractivity contribution in [1.29, 1.82) is 0 Å². The van der Waals surface area contributed by atoms with Gasteiger partial charge in [-0.1, -0.05) is 17.7 Å². The van der Waals surface area contributed by atoms with Gasteiger partial charge in [0.15, 0.2) is 0 Å². The molecule has 0 saturated heterocycles. The van der Waals surface area contributed by atoms with Crippen LogP contribution >= 0.6 is 23.4 Å². The van der Waals surface area contributed by atoms with Crippen molar-refractivity contribution in [3.05, 3.63) is 41.2 Å². The summed E-state index contributed by atoms with van der Waals surface area (Å²) in [6.45, 7) is 0. The van der Waals surface area contributed by atoms with Gasteiger partial charge < -0.3 is 10.1 Å². The summed E-state index contributed by atoms with van der Waals surface area (Å²) < 4.78 is 55.8. The molecule has 2 nitrogen and oxygen atoms in total. The Morgan fingerprint density at radius 2 is 2.00 bits per heavy atom. The standard InChI is InChI=1S/C14H8ClF4NOS/c15-8-2-1-3-11(21-14(17,18)19)13(8)7-4-12-10(5-9(7)16)20-6-22-12/h1-5,20H,6H2. The van der Waals surface area contributed by atoms with E-state index >= 15 is 0 Å². The molecule has 0 bridgehead atoms. The van der Waals surface area contributed by atoms with Gasteiger partial charge >= 0.3 is 6.36 Å². The van der Waals surface area contributed by atoms with E-state index in [1.165, 1.54) is 36.0 Å². The molecule has 116 valence electrons. The van der Waals surface area contributed by atoms with Crippen LogP contribution < -0.4 is 10.1 Å². The summed E-state index contributed by atoms with van der Waals surface area (Å²) in [6, 6.07) is 6.52. The molecule has 3 rings (SSSR count). The number of benzene rings is 2. The number of halogens is 5. The molecule has 1 heterocycles. The number of hydrogen-bond acceptors (Lipinski definition) is 3. The highest BCUT2D eigenvalue weighted by atomic mass is 35.5. The minimum atomic E-state index is -4.89. The van der Waals surface area contributed by atoms with Crippen LogP contribution in [0.5, 0.6) is 5.75 Å². The Labute approximate surface area is 132 Å². The molecule has 0 amide bonds. The van der Waals surface area contributed by atoms with Crippen LogP contribution in [0.4, 0.5) is 23.2 Å². The predicted molar refractivity (Wildman–Crippen MR) is 77.9 cm³/mol. The molecular formula is C14H8ClF4NOS. The third-order valence-corrected chi connectivity index (χ3v) is 4.28. The van der Waals surface area contributed by atoms with Crippen molar-refractivity contribution in [1.82, 2.24) is 0 Å². The van der Waals surface area contributed by atoms with Crippen molar-refractivity contribution in [2.45, 2.75) is 11.3 Å². The van der Waals surface area contributed by atoms with Crippen molar-refractivity contribution in [3.63, 3.8) is 0 Å². The smallest absolute Gasteiger partial charge is 0.405 e. The van der Waals surface area contributed by atoms with E-state index in [0.29, 0.717) is 11.6 Å². The van der Waals surface area contributed by atoms with Crippen LogP contribution in [0.2, 0.25) is 5.02 Å². The van der Waals surface area contributed by atoms with E-state index in [0.717, 1.165) is 11.0 Å². The third kappa shape index (κ3) is 2.96. The highest BCUT2D eigenvalue weighted by Gasteiger charge is 2.33. The van der Waals surface area contributed by atoms with Crippen molar-refractivity contribution in [3.8, 4) is 16.9 Å². The highest BCUT2D eigenvalue weighted by molar-refractivity contribution is 7.99. The maximum atomic E-state index is 14.3. The number of alkyl halides is 3. The van der Waals surface area contributed by atoms with Crippen LogP contribution in [0, 0.1) is 5.82 Å². The summed E-state index contributed by atoms with van der Waals surface area (Å²) in [5.41, 5.74) is 0.464. The van der Waals surface area contributed by atoms with Crippen molar-refractivity contribution < 1.29 is 22.3 Å². The Balaban J connectivity index is 2.16. The van der Waals surface area contributed by atoms with Crippen LogP contribution in [0.15, 0.2) is 35.2 Å². The van der Waals surface area contributed by atoms with Crippen molar-refractivity contribution >= 4 is 29.1 Å². The van der Waals surface area contributed by atoms with E-state index in [2.05, 4.69) is 10.1 Å². The van der Waals surface area contributed by atoms with Gasteiger partial charge in [0.1, 0.15) is 11.6 Å². The lowest BCUT2D eigenvalue weighted by atomic mass is 10.0. The Morgan fingerprint density at radius 1 is 1.23 bits per heavy atom. The summed E-state index contributed by atoms with van der Waals surface area (Å²) in [5.74, 6) is -0.629. The second-order valence-electron chi connectivity index (χ2n) is 4.45. The van der Waals surface area contributed by atoms with Gasteiger partial charge in [-0.3, -0.25) is 0 Å². The van der Waals surface area contributed by atoms with E-state index in [-0.39, 0.29) is 16.1 Å². The first-order chi connectivity index (χ1) is 10.3. The van der Waals surface area contributed by atoms with Gasteiger partial charge in [0, 0.05) is 16.0 Å². The van der Waals surface area contributed by atoms with Gasteiger partial charge in [-0.05, 0) is 24.3 Å². The molecule has 2 aromatic carbocycles. The van der Waals surface area contributed by atoms with Crippen LogP contribution in [-0.2, 0) is 0 Å². The fourth-order valence-electron chi connectivity index (χ4n) is 2.17. The third-order valence-electron chi connectivity index (χ3n) is 3.03. The average Bonchev–Trinajstić information content (AvgIpc) is 2.83. The first kappa shape index (κ1) is 15.3. The number of rotatable bonds is 2. The van der Waals surface area contributed by atoms with E-state index in [4.69, 9.17) is 11.6 Å². The van der Waals surface area contributed by atoms with E-state index < -0.39 is 17.9 Å². The monoisotopic (exact) mass is 349 g/mol. The Hall–Kier alpha value is -1.60. The quantitative estimate of drug-likeness (QED) is 0.721. The average molecular weight is 350 g/mol. The first-order valence-corrected chi connectivity index (χ1v) is 7.46. The molecule has 0 spiro atoms. The molecule has 2 aromatic rings. The molecular weight excluding hydrogens is 342 g/mol. The van der Waals surface area contributed by atoms with Gasteiger partial charge in [0.25, 0.3) is 0 Å². The fraction of sp³-hybridized carbons (Fsp3) is 0.143. The maximum absolute atomic E-state index is 14.3. The lowest BCUT2D eigenvalue weighted by molar-refractivity contribution is -0.274. The van der Waals surface area contributed by atoms with Gasteiger partial charge in [0.2, 0.25) is 0 Å². The van der Waals surface area contributed by atoms with E-state index in [1.807, 2.05) is 0 Å². The van der Waals surface area contributed by atoms with Gasteiger partial charge in [-0.2, -0.15) is 0 Å². The topological polar surface area (TPSA) is 21.3 Å². The second kappa shape index (κ2) is 5.55. The molecule has 0 unspecified atom stereocenters. The van der Waals surface area contributed by atoms with Crippen LogP contribution in [0.25, 0.3) is 11.1 Å². The summed E-state index contributed by atoms with van der Waals surface area (Å²) in [7, 11) is 0. The van der Waals surface area contributed by atoms with Crippen LogP contribution in [-0.4, -0.2) is 12.2 Å². The molecule has 22 heavy (non-hydrogen) atoms. The molecule has 0 aromatic heterocycles. The zero-order valence-electron chi connectivity index (χ0n) is 10.8. The molecule has 0 atom stereocenters. The molecule has 0 radical (unpaired) electrons. The van der Waals surface area contributed by atoms with Crippen LogP contribution in [0.1, 0.15) is 0 Å². The Bertz CT molecular complexity index is 736. The highest BCUT2D eigenvalue weighted by Crippen LogP contribution is 2.44. The zero-order valence-corrected chi connectivity index (χ0v) is 12.4. The number of anilines is 1. The maximum Gasteiger partial charge on any atom is 0.573 e. The lowest BCUT2D eigenvalue weighted by Crippen LogP contribution is -2.17. The largest absolute Gasteiger partial charge is 0.573 e. The molecule has 1 aliphatic rings. The number of fused-ring (bicyclic) bond motifs is 1. The number of thioether (sulfide) groups is 1. The second-order valence-corrected chi connectivity index (χ2v) is 5.88. The predicted octanol–water partition coefficient (Wildman–Crippen LogP) is 5.52. The normalized spacial score (nSPS) is 13.7. The van der Waals surface area contributed by atoms with Gasteiger partial charge in [0.05, 0.1) is 16.6 Å². The minimum absolute atomic E-state index is 0.0171. The molecule has 0 fully saturated rings. The number of hydrogen-bond donors (Lipinski definition) is 1. The summed E-state index contributed by atoms with van der Waals surface area (Å²) in [4.78, 5) is 0.745. The fourth-order valence-corrected chi connectivity index (χ4v) is 3.31. The molecule has 1 aliphatic heterocycles. The SMILES string of the molecule is Fc1cc2c(cc1-c1c(Cl)cccc1OC(F)(F)F)SCN2. The minimum Gasteiger partial charge on any atom is -0.405 e. The summed E-state index contributed by atoms with van der Waals surface area (Å²) in [6.07, 6.45) is -4.89. The summed E-state index contributed by atoms with van der Waals surface area (Å²) >= 11 is 7.41. The Kier molecular flexibility index (Phi) is 3.86. The number of ether oxygens (including phenoxy) is 1. The van der Waals surface area contributed by atoms with E-state index in [1.54, 1.807) is 0 Å². The summed E-state index contributed by atoms with van der Waals surface area (Å²) in [5, 5.41) is 2.95. The van der Waals surface area contributed by atoms with E-state index in [9.17, 15) is 17.6 Å². The van der Waals surface area contributed by atoms with Gasteiger partial charge in [-0.15, -0.1) is 24.9 Å². The van der Waals surface area contributed by atoms with Crippen LogP contribution in [0.3, 0.4) is 0 Å².